The number of amides is 1. The Bertz CT molecular complexity index is 832. The Balaban J connectivity index is 1.67. The number of nitrogen functional groups attached to an aromatic ring is 1. The van der Waals surface area contributed by atoms with E-state index in [0.717, 1.165) is 30.5 Å². The van der Waals surface area contributed by atoms with Gasteiger partial charge < -0.3 is 15.8 Å². The van der Waals surface area contributed by atoms with Crippen LogP contribution in [0.5, 0.6) is 5.75 Å². The number of anilines is 1. The fourth-order valence-electron chi connectivity index (χ4n) is 3.32. The summed E-state index contributed by atoms with van der Waals surface area (Å²) in [6, 6.07) is 12.7. The Labute approximate surface area is 153 Å². The average Bonchev–Trinajstić information content (AvgIpc) is 2.61. The van der Waals surface area contributed by atoms with E-state index in [9.17, 15) is 9.59 Å². The summed E-state index contributed by atoms with van der Waals surface area (Å²) in [6.07, 6.45) is 2.24. The van der Waals surface area contributed by atoms with Crippen molar-refractivity contribution in [3.05, 3.63) is 59.2 Å². The van der Waals surface area contributed by atoms with Gasteiger partial charge in [0.1, 0.15) is 5.75 Å². The topological polar surface area (TPSA) is 81.4 Å². The summed E-state index contributed by atoms with van der Waals surface area (Å²) in [5.74, 6) is 0.302. The molecule has 136 valence electrons. The van der Waals surface area contributed by atoms with E-state index >= 15 is 0 Å². The van der Waals surface area contributed by atoms with Gasteiger partial charge in [-0.1, -0.05) is 18.2 Å². The van der Waals surface area contributed by atoms with Gasteiger partial charge in [0.15, 0.2) is 11.9 Å². The van der Waals surface area contributed by atoms with Gasteiger partial charge in [0.2, 0.25) is 0 Å². The van der Waals surface area contributed by atoms with Crippen LogP contribution < -0.4 is 15.8 Å². The number of ether oxygens (including phenoxy) is 1. The van der Waals surface area contributed by atoms with Crippen LogP contribution >= 0.6 is 0 Å². The van der Waals surface area contributed by atoms with Gasteiger partial charge in [0.05, 0.1) is 6.04 Å². The first kappa shape index (κ1) is 18.0. The summed E-state index contributed by atoms with van der Waals surface area (Å²) in [6.45, 7) is 3.21. The molecule has 1 aliphatic carbocycles. The second kappa shape index (κ2) is 7.60. The fourth-order valence-corrected chi connectivity index (χ4v) is 3.32. The van der Waals surface area contributed by atoms with Crippen molar-refractivity contribution in [2.24, 2.45) is 0 Å². The van der Waals surface area contributed by atoms with Crippen LogP contribution in [0.3, 0.4) is 0 Å². The first-order valence-electron chi connectivity index (χ1n) is 8.90. The Hall–Kier alpha value is -2.82. The molecule has 0 spiro atoms. The molecular formula is C21H24N2O3. The standard InChI is InChI=1S/C21H24N2O3/c1-13(24)15-5-3-7-18(12-15)26-14(2)21(25)23-20-8-4-6-16-11-17(22)9-10-19(16)20/h3,5,7,9-12,14,20H,4,6,8,22H2,1-2H3,(H,23,25). The molecular weight excluding hydrogens is 328 g/mol. The van der Waals surface area contributed by atoms with E-state index in [-0.39, 0.29) is 17.7 Å². The quantitative estimate of drug-likeness (QED) is 0.638. The van der Waals surface area contributed by atoms with Crippen LogP contribution in [0.2, 0.25) is 0 Å². The second-order valence-corrected chi connectivity index (χ2v) is 6.76. The van der Waals surface area contributed by atoms with Crippen LogP contribution in [0, 0.1) is 0 Å². The molecule has 0 aromatic heterocycles. The van der Waals surface area contributed by atoms with Gasteiger partial charge in [-0.05, 0) is 68.5 Å². The van der Waals surface area contributed by atoms with Crippen LogP contribution in [0.15, 0.2) is 42.5 Å². The number of hydrogen-bond acceptors (Lipinski definition) is 4. The number of fused-ring (bicyclic) bond motifs is 1. The van der Waals surface area contributed by atoms with Crippen molar-refractivity contribution in [3.8, 4) is 5.75 Å². The molecule has 5 nitrogen and oxygen atoms in total. The van der Waals surface area contributed by atoms with E-state index in [1.165, 1.54) is 12.5 Å². The largest absolute Gasteiger partial charge is 0.481 e. The summed E-state index contributed by atoms with van der Waals surface area (Å²) in [5, 5.41) is 3.08. The van der Waals surface area contributed by atoms with Crippen molar-refractivity contribution < 1.29 is 14.3 Å². The van der Waals surface area contributed by atoms with Crippen LogP contribution in [-0.2, 0) is 11.2 Å². The van der Waals surface area contributed by atoms with Crippen molar-refractivity contribution in [2.75, 3.05) is 5.73 Å². The zero-order valence-corrected chi connectivity index (χ0v) is 15.1. The Morgan fingerprint density at radius 3 is 2.81 bits per heavy atom. The molecule has 0 fully saturated rings. The molecule has 0 radical (unpaired) electrons. The van der Waals surface area contributed by atoms with E-state index in [1.807, 2.05) is 18.2 Å². The zero-order chi connectivity index (χ0) is 18.7. The molecule has 2 aromatic rings. The highest BCUT2D eigenvalue weighted by Crippen LogP contribution is 2.31. The van der Waals surface area contributed by atoms with Gasteiger partial charge in [-0.15, -0.1) is 0 Å². The highest BCUT2D eigenvalue weighted by atomic mass is 16.5. The number of hydrogen-bond donors (Lipinski definition) is 2. The predicted octanol–water partition coefficient (Wildman–Crippen LogP) is 3.43. The molecule has 0 bridgehead atoms. The molecule has 0 heterocycles. The SMILES string of the molecule is CC(=O)c1cccc(OC(C)C(=O)NC2CCCc3cc(N)ccc32)c1. The molecule has 3 rings (SSSR count). The molecule has 0 aliphatic heterocycles. The highest BCUT2D eigenvalue weighted by Gasteiger charge is 2.24. The van der Waals surface area contributed by atoms with Crippen LogP contribution in [0.4, 0.5) is 5.69 Å². The molecule has 2 unspecified atom stereocenters. The lowest BCUT2D eigenvalue weighted by Gasteiger charge is -2.28. The number of Topliss-reactive ketones (excluding diaryl/α,β-unsaturated/α-hetero) is 1. The molecule has 1 amide bonds. The third kappa shape index (κ3) is 4.04. The number of rotatable bonds is 5. The number of ketones is 1. The highest BCUT2D eigenvalue weighted by molar-refractivity contribution is 5.94. The minimum atomic E-state index is -0.656. The van der Waals surface area contributed by atoms with Crippen LogP contribution in [-0.4, -0.2) is 17.8 Å². The minimum absolute atomic E-state index is 0.0264. The van der Waals surface area contributed by atoms with E-state index in [4.69, 9.17) is 10.5 Å². The number of carbonyl (C=O) groups excluding carboxylic acids is 2. The van der Waals surface area contributed by atoms with E-state index in [1.54, 1.807) is 31.2 Å². The van der Waals surface area contributed by atoms with Gasteiger partial charge in [0.25, 0.3) is 5.91 Å². The summed E-state index contributed by atoms with van der Waals surface area (Å²) in [5.41, 5.74) is 9.50. The maximum absolute atomic E-state index is 12.6. The Morgan fingerprint density at radius 2 is 2.04 bits per heavy atom. The predicted molar refractivity (Wildman–Crippen MR) is 101 cm³/mol. The normalized spacial score (nSPS) is 17.1. The summed E-state index contributed by atoms with van der Waals surface area (Å²) < 4.78 is 5.73. The van der Waals surface area contributed by atoms with Gasteiger partial charge in [0, 0.05) is 11.3 Å². The van der Waals surface area contributed by atoms with Gasteiger partial charge >= 0.3 is 0 Å². The molecule has 26 heavy (non-hydrogen) atoms. The van der Waals surface area contributed by atoms with E-state index in [2.05, 4.69) is 5.32 Å². The lowest BCUT2D eigenvalue weighted by atomic mass is 9.87. The number of nitrogens with two attached hydrogens (primary N) is 1. The first-order chi connectivity index (χ1) is 12.4. The van der Waals surface area contributed by atoms with Crippen LogP contribution in [0.25, 0.3) is 0 Å². The Kier molecular flexibility index (Phi) is 5.26. The number of benzene rings is 2. The molecule has 0 saturated heterocycles. The van der Waals surface area contributed by atoms with Gasteiger partial charge in [-0.2, -0.15) is 0 Å². The van der Waals surface area contributed by atoms with Crippen LogP contribution in [0.1, 0.15) is 54.2 Å². The maximum atomic E-state index is 12.6. The van der Waals surface area contributed by atoms with Crippen molar-refractivity contribution in [3.63, 3.8) is 0 Å². The molecule has 5 heteroatoms. The molecule has 3 N–H and O–H groups in total. The maximum Gasteiger partial charge on any atom is 0.261 e. The number of aryl methyl sites for hydroxylation is 1. The average molecular weight is 352 g/mol. The third-order valence-corrected chi connectivity index (χ3v) is 4.72. The lowest BCUT2D eigenvalue weighted by molar-refractivity contribution is -0.128. The number of carbonyl (C=O) groups is 2. The Morgan fingerprint density at radius 1 is 1.23 bits per heavy atom. The summed E-state index contributed by atoms with van der Waals surface area (Å²) >= 11 is 0. The summed E-state index contributed by atoms with van der Waals surface area (Å²) in [4.78, 5) is 24.1. The van der Waals surface area contributed by atoms with Crippen molar-refractivity contribution >= 4 is 17.4 Å². The fraction of sp³-hybridized carbons (Fsp3) is 0.333. The number of nitrogens with one attached hydrogen (secondary N) is 1. The van der Waals surface area contributed by atoms with Crippen molar-refractivity contribution in [2.45, 2.75) is 45.3 Å². The van der Waals surface area contributed by atoms with Crippen molar-refractivity contribution in [1.29, 1.82) is 0 Å². The third-order valence-electron chi connectivity index (χ3n) is 4.72. The summed E-state index contributed by atoms with van der Waals surface area (Å²) in [7, 11) is 0. The molecule has 0 saturated carbocycles. The lowest BCUT2D eigenvalue weighted by Crippen LogP contribution is -2.39. The smallest absolute Gasteiger partial charge is 0.261 e. The van der Waals surface area contributed by atoms with Crippen molar-refractivity contribution in [1.82, 2.24) is 5.32 Å². The molecule has 1 aliphatic rings. The molecule has 2 atom stereocenters. The van der Waals surface area contributed by atoms with E-state index in [0.29, 0.717) is 11.3 Å². The van der Waals surface area contributed by atoms with Gasteiger partial charge in [-0.3, -0.25) is 9.59 Å². The molecule has 2 aromatic carbocycles. The minimum Gasteiger partial charge on any atom is -0.481 e. The second-order valence-electron chi connectivity index (χ2n) is 6.76. The van der Waals surface area contributed by atoms with Gasteiger partial charge in [-0.25, -0.2) is 0 Å². The van der Waals surface area contributed by atoms with E-state index < -0.39 is 6.10 Å². The monoisotopic (exact) mass is 352 g/mol. The zero-order valence-electron chi connectivity index (χ0n) is 15.1. The first-order valence-corrected chi connectivity index (χ1v) is 8.90.